The van der Waals surface area contributed by atoms with E-state index in [9.17, 15) is 0 Å². The van der Waals surface area contributed by atoms with Gasteiger partial charge in [0.1, 0.15) is 48.4 Å². The molecule has 8 heteroatoms. The summed E-state index contributed by atoms with van der Waals surface area (Å²) in [5.41, 5.74) is 2.15. The predicted molar refractivity (Wildman–Crippen MR) is 139 cm³/mol. The van der Waals surface area contributed by atoms with Crippen molar-refractivity contribution in [3.63, 3.8) is 0 Å². The molecule has 3 aliphatic heterocycles. The number of methoxy groups -OCH3 is 2. The fourth-order valence-corrected chi connectivity index (χ4v) is 5.18. The lowest BCUT2D eigenvalue weighted by Gasteiger charge is -2.55. The van der Waals surface area contributed by atoms with Crippen molar-refractivity contribution in [1.29, 1.82) is 0 Å². The van der Waals surface area contributed by atoms with Crippen LogP contribution in [0.1, 0.15) is 27.7 Å². The molecule has 2 aromatic rings. The third kappa shape index (κ3) is 5.02. The van der Waals surface area contributed by atoms with E-state index in [1.807, 2.05) is 24.3 Å². The molecule has 6 atom stereocenters. The largest absolute Gasteiger partial charge is 0.494 e. The molecule has 5 rings (SSSR count). The monoisotopic (exact) mass is 498 g/mol. The zero-order valence-electron chi connectivity index (χ0n) is 22.1. The summed E-state index contributed by atoms with van der Waals surface area (Å²) in [6, 6.07) is 13.1. The van der Waals surface area contributed by atoms with Gasteiger partial charge in [-0.2, -0.15) is 0 Å². The molecule has 0 aromatic heterocycles. The van der Waals surface area contributed by atoms with E-state index in [2.05, 4.69) is 49.6 Å². The van der Waals surface area contributed by atoms with Crippen LogP contribution < -0.4 is 28.7 Å². The molecule has 3 saturated heterocycles. The number of piperazine rings is 1. The Bertz CT molecular complexity index is 957. The van der Waals surface area contributed by atoms with Gasteiger partial charge in [0.05, 0.1) is 38.8 Å². The second-order valence-electron chi connectivity index (χ2n) is 9.98. The van der Waals surface area contributed by atoms with E-state index in [1.165, 1.54) is 0 Å². The highest BCUT2D eigenvalue weighted by atomic mass is 16.6. The molecule has 0 N–H and O–H groups in total. The summed E-state index contributed by atoms with van der Waals surface area (Å²) in [7, 11) is 3.43. The second-order valence-corrected chi connectivity index (χ2v) is 9.98. The van der Waals surface area contributed by atoms with Crippen molar-refractivity contribution in [2.45, 2.75) is 64.1 Å². The zero-order chi connectivity index (χ0) is 25.4. The Kier molecular flexibility index (Phi) is 7.08. The smallest absolute Gasteiger partial charge is 0.145 e. The minimum absolute atomic E-state index is 0.212. The minimum atomic E-state index is 0.212. The molecule has 2 aromatic carbocycles. The maximum Gasteiger partial charge on any atom is 0.145 e. The molecule has 6 unspecified atom stereocenters. The minimum Gasteiger partial charge on any atom is -0.494 e. The average molecular weight is 499 g/mol. The van der Waals surface area contributed by atoms with Gasteiger partial charge in [0.15, 0.2) is 0 Å². The number of rotatable bonds is 10. The summed E-state index contributed by atoms with van der Waals surface area (Å²) in [6.45, 7) is 11.8. The van der Waals surface area contributed by atoms with Gasteiger partial charge in [-0.3, -0.25) is 0 Å². The maximum atomic E-state index is 5.89. The fraction of sp³-hybridized carbons (Fsp3) is 0.571. The van der Waals surface area contributed by atoms with Crippen molar-refractivity contribution >= 4 is 11.4 Å². The number of anilines is 2. The Morgan fingerprint density at radius 3 is 1.33 bits per heavy atom. The molecule has 8 nitrogen and oxygen atoms in total. The van der Waals surface area contributed by atoms with Crippen LogP contribution in [0.4, 0.5) is 11.4 Å². The first kappa shape index (κ1) is 24.8. The van der Waals surface area contributed by atoms with E-state index in [4.69, 9.17) is 28.4 Å². The number of hydrogen-bond acceptors (Lipinski definition) is 8. The van der Waals surface area contributed by atoms with Crippen molar-refractivity contribution in [3.8, 4) is 23.0 Å². The predicted octanol–water partition coefficient (Wildman–Crippen LogP) is 4.14. The van der Waals surface area contributed by atoms with Gasteiger partial charge in [0, 0.05) is 36.3 Å². The highest BCUT2D eigenvalue weighted by Gasteiger charge is 2.42. The zero-order valence-corrected chi connectivity index (χ0v) is 22.1. The van der Waals surface area contributed by atoms with Crippen LogP contribution in [-0.4, -0.2) is 77.0 Å². The molecule has 0 saturated carbocycles. The first-order chi connectivity index (χ1) is 17.4. The Hall–Kier alpha value is -2.84. The topological polar surface area (TPSA) is 68.5 Å². The summed E-state index contributed by atoms with van der Waals surface area (Å²) in [6.07, 6.45) is 0.436. The lowest BCUT2D eigenvalue weighted by molar-refractivity contribution is 0.261. The Balaban J connectivity index is 1.38. The van der Waals surface area contributed by atoms with Crippen molar-refractivity contribution in [3.05, 3.63) is 36.4 Å². The Morgan fingerprint density at radius 1 is 0.667 bits per heavy atom. The van der Waals surface area contributed by atoms with Gasteiger partial charge in [0.2, 0.25) is 0 Å². The molecule has 0 aliphatic carbocycles. The fourth-order valence-electron chi connectivity index (χ4n) is 5.18. The highest BCUT2D eigenvalue weighted by molar-refractivity contribution is 5.67. The third-order valence-electron chi connectivity index (χ3n) is 7.69. The maximum absolute atomic E-state index is 5.89. The number of nitrogens with zero attached hydrogens (tertiary/aromatic N) is 2. The van der Waals surface area contributed by atoms with Crippen LogP contribution in [0.15, 0.2) is 36.4 Å². The van der Waals surface area contributed by atoms with Gasteiger partial charge in [-0.15, -0.1) is 0 Å². The van der Waals surface area contributed by atoms with Crippen LogP contribution in [0.25, 0.3) is 0 Å². The van der Waals surface area contributed by atoms with Crippen molar-refractivity contribution in [1.82, 2.24) is 0 Å². The number of ether oxygens (including phenoxy) is 6. The number of benzene rings is 2. The second kappa shape index (κ2) is 10.3. The Labute approximate surface area is 214 Å². The van der Waals surface area contributed by atoms with Crippen LogP contribution in [0.3, 0.4) is 0 Å². The van der Waals surface area contributed by atoms with E-state index >= 15 is 0 Å². The molecule has 0 amide bonds. The van der Waals surface area contributed by atoms with Gasteiger partial charge in [-0.1, -0.05) is 0 Å². The van der Waals surface area contributed by atoms with Crippen molar-refractivity contribution < 1.29 is 28.4 Å². The molecule has 0 spiro atoms. The van der Waals surface area contributed by atoms with Gasteiger partial charge in [0.25, 0.3) is 0 Å². The SMILES string of the molecule is COc1cc(OCC2CO2)ccc1N1C(C)C(C)N(c2ccc(OCC3CO3)cc2OC)C(C)C1C. The van der Waals surface area contributed by atoms with Gasteiger partial charge in [-0.25, -0.2) is 0 Å². The van der Waals surface area contributed by atoms with Crippen molar-refractivity contribution in [2.24, 2.45) is 0 Å². The van der Waals surface area contributed by atoms with Crippen LogP contribution in [0, 0.1) is 0 Å². The lowest BCUT2D eigenvalue weighted by atomic mass is 9.92. The highest BCUT2D eigenvalue weighted by Crippen LogP contribution is 2.43. The van der Waals surface area contributed by atoms with Gasteiger partial charge < -0.3 is 38.2 Å². The van der Waals surface area contributed by atoms with Crippen LogP contribution in [0.2, 0.25) is 0 Å². The molecular weight excluding hydrogens is 460 g/mol. The summed E-state index contributed by atoms with van der Waals surface area (Å²) in [4.78, 5) is 4.94. The average Bonchev–Trinajstić information content (AvgIpc) is 3.81. The van der Waals surface area contributed by atoms with Gasteiger partial charge in [-0.05, 0) is 52.0 Å². The molecule has 0 radical (unpaired) electrons. The summed E-state index contributed by atoms with van der Waals surface area (Å²) < 4.78 is 34.0. The van der Waals surface area contributed by atoms with Crippen LogP contribution in [0.5, 0.6) is 23.0 Å². The van der Waals surface area contributed by atoms with Crippen LogP contribution >= 0.6 is 0 Å². The van der Waals surface area contributed by atoms with Gasteiger partial charge >= 0.3 is 0 Å². The van der Waals surface area contributed by atoms with E-state index in [1.54, 1.807) is 14.2 Å². The standard InChI is InChI=1S/C28H38N2O6/c1-17-18(2)30(26-10-8-22(12-28(26)32-6)34-14-24-16-36-24)20(4)19(3)29(17)25-9-7-21(11-27(25)31-5)33-13-23-15-35-23/h7-12,17-20,23-24H,13-16H2,1-6H3. The van der Waals surface area contributed by atoms with Crippen molar-refractivity contribution in [2.75, 3.05) is 50.4 Å². The molecule has 3 fully saturated rings. The summed E-state index contributed by atoms with van der Waals surface area (Å²) >= 11 is 0. The van der Waals surface area contributed by atoms with Crippen LogP contribution in [-0.2, 0) is 9.47 Å². The Morgan fingerprint density at radius 2 is 1.03 bits per heavy atom. The third-order valence-corrected chi connectivity index (χ3v) is 7.69. The van der Waals surface area contributed by atoms with E-state index in [0.717, 1.165) is 47.6 Å². The number of epoxide rings is 2. The first-order valence-corrected chi connectivity index (χ1v) is 12.8. The first-order valence-electron chi connectivity index (χ1n) is 12.8. The van der Waals surface area contributed by atoms with E-state index in [-0.39, 0.29) is 36.4 Å². The molecule has 196 valence electrons. The van der Waals surface area contributed by atoms with E-state index < -0.39 is 0 Å². The summed E-state index contributed by atoms with van der Waals surface area (Å²) in [5.74, 6) is 3.22. The van der Waals surface area contributed by atoms with E-state index in [0.29, 0.717) is 13.2 Å². The molecule has 3 heterocycles. The molecule has 36 heavy (non-hydrogen) atoms. The number of hydrogen-bond donors (Lipinski definition) is 0. The molecule has 3 aliphatic rings. The normalized spacial score (nSPS) is 29.1. The summed E-state index contributed by atoms with van der Waals surface area (Å²) in [5, 5.41) is 0. The molecule has 0 bridgehead atoms. The lowest BCUT2D eigenvalue weighted by Crippen LogP contribution is -2.66. The quantitative estimate of drug-likeness (QED) is 0.453. The molecular formula is C28H38N2O6.